The Labute approximate surface area is 186 Å². The summed E-state index contributed by atoms with van der Waals surface area (Å²) in [5, 5.41) is 21.3. The number of unbranched alkanes of at least 4 members (excludes halogenated alkanes) is 1. The lowest BCUT2D eigenvalue weighted by Crippen LogP contribution is -2.40. The van der Waals surface area contributed by atoms with Gasteiger partial charge in [0.25, 0.3) is 0 Å². The van der Waals surface area contributed by atoms with E-state index in [0.717, 1.165) is 32.1 Å². The lowest BCUT2D eigenvalue weighted by atomic mass is 9.63. The third kappa shape index (κ3) is 7.18. The number of carbonyl (C=O) groups excluding carboxylic acids is 2. The molecule has 2 aliphatic rings. The van der Waals surface area contributed by atoms with E-state index in [0.29, 0.717) is 25.7 Å². The summed E-state index contributed by atoms with van der Waals surface area (Å²) in [6.45, 7) is 3.54. The summed E-state index contributed by atoms with van der Waals surface area (Å²) in [5.41, 5.74) is 0.0608. The zero-order chi connectivity index (χ0) is 22.9. The van der Waals surface area contributed by atoms with E-state index in [-0.39, 0.29) is 41.4 Å². The van der Waals surface area contributed by atoms with Crippen LogP contribution in [0.15, 0.2) is 24.3 Å². The molecular weight excluding hydrogens is 396 g/mol. The Morgan fingerprint density at radius 3 is 2.55 bits per heavy atom. The molecule has 2 rings (SSSR count). The number of rotatable bonds is 12. The monoisotopic (exact) mass is 436 g/mol. The van der Waals surface area contributed by atoms with Crippen LogP contribution in [0.4, 0.5) is 0 Å². The molecule has 6 nitrogen and oxygen atoms in total. The highest BCUT2D eigenvalue weighted by molar-refractivity contribution is 5.69. The normalized spacial score (nSPS) is 28.5. The second kappa shape index (κ2) is 12.4. The first-order valence-corrected chi connectivity index (χ1v) is 11.7. The van der Waals surface area contributed by atoms with Gasteiger partial charge >= 0.3 is 11.9 Å². The number of hydrogen-bond donors (Lipinski definition) is 2. The van der Waals surface area contributed by atoms with E-state index in [9.17, 15) is 19.8 Å². The van der Waals surface area contributed by atoms with Crippen molar-refractivity contribution in [2.24, 2.45) is 17.3 Å². The SMILES string of the molecule is CCC1(C(O)CC=C[C@@H]2[C@@H](CC=CCCCC(=O)OC)[C@@H](OC(C)=O)C[C@H]2O)CCC1. The maximum atomic E-state index is 11.5. The number of hydrogen-bond acceptors (Lipinski definition) is 6. The summed E-state index contributed by atoms with van der Waals surface area (Å²) in [5.74, 6) is -0.663. The molecule has 2 saturated carbocycles. The lowest BCUT2D eigenvalue weighted by molar-refractivity contribution is -0.148. The van der Waals surface area contributed by atoms with Crippen LogP contribution in [0, 0.1) is 17.3 Å². The van der Waals surface area contributed by atoms with Gasteiger partial charge in [0, 0.05) is 31.6 Å². The van der Waals surface area contributed by atoms with Crippen LogP contribution in [-0.4, -0.2) is 47.6 Å². The maximum absolute atomic E-state index is 11.5. The van der Waals surface area contributed by atoms with Gasteiger partial charge in [0.1, 0.15) is 6.10 Å². The van der Waals surface area contributed by atoms with Crippen LogP contribution >= 0.6 is 0 Å². The van der Waals surface area contributed by atoms with Crippen LogP contribution in [0.5, 0.6) is 0 Å². The Morgan fingerprint density at radius 1 is 1.23 bits per heavy atom. The van der Waals surface area contributed by atoms with Crippen molar-refractivity contribution >= 4 is 11.9 Å². The van der Waals surface area contributed by atoms with E-state index in [4.69, 9.17) is 4.74 Å². The molecule has 6 heteroatoms. The number of carbonyl (C=O) groups is 2. The predicted octanol–water partition coefficient (Wildman–Crippen LogP) is 4.09. The molecule has 0 aliphatic heterocycles. The Hall–Kier alpha value is -1.66. The Morgan fingerprint density at radius 2 is 1.97 bits per heavy atom. The van der Waals surface area contributed by atoms with Crippen molar-refractivity contribution in [2.45, 2.75) is 96.4 Å². The van der Waals surface area contributed by atoms with Crippen LogP contribution < -0.4 is 0 Å². The maximum Gasteiger partial charge on any atom is 0.305 e. The molecule has 0 spiro atoms. The number of aliphatic hydroxyl groups excluding tert-OH is 2. The first-order chi connectivity index (χ1) is 14.8. The van der Waals surface area contributed by atoms with E-state index in [1.807, 2.05) is 24.3 Å². The van der Waals surface area contributed by atoms with Gasteiger partial charge in [-0.15, -0.1) is 0 Å². The molecule has 0 aromatic rings. The van der Waals surface area contributed by atoms with Gasteiger partial charge in [-0.2, -0.15) is 0 Å². The van der Waals surface area contributed by atoms with E-state index < -0.39 is 6.10 Å². The summed E-state index contributed by atoms with van der Waals surface area (Å²) in [6.07, 6.45) is 14.8. The molecule has 0 amide bonds. The topological polar surface area (TPSA) is 93.1 Å². The molecule has 5 atom stereocenters. The minimum atomic E-state index is -0.570. The zero-order valence-electron chi connectivity index (χ0n) is 19.3. The smallest absolute Gasteiger partial charge is 0.305 e. The summed E-state index contributed by atoms with van der Waals surface area (Å²) >= 11 is 0. The van der Waals surface area contributed by atoms with Gasteiger partial charge in [-0.05, 0) is 50.4 Å². The number of esters is 2. The van der Waals surface area contributed by atoms with Crippen LogP contribution in [-0.2, 0) is 19.1 Å². The first kappa shape index (κ1) is 25.6. The van der Waals surface area contributed by atoms with Crippen LogP contribution in [0.2, 0.25) is 0 Å². The van der Waals surface area contributed by atoms with Crippen molar-refractivity contribution in [2.75, 3.05) is 7.11 Å². The fraction of sp³-hybridized carbons (Fsp3) is 0.760. The van der Waals surface area contributed by atoms with Crippen LogP contribution in [0.25, 0.3) is 0 Å². The molecule has 0 aromatic heterocycles. The largest absolute Gasteiger partial charge is 0.469 e. The summed E-state index contributed by atoms with van der Waals surface area (Å²) in [7, 11) is 1.39. The molecule has 2 fully saturated rings. The average Bonchev–Trinajstić information content (AvgIpc) is 2.97. The standard InChI is InChI=1S/C25H40O6/c1-4-25(15-10-16-25)23(28)13-9-12-19-20(22(17-21(19)27)31-18(2)26)11-7-5-6-8-14-24(29)30-3/h5,7,9,12,19-23,27-28H,4,6,8,10-11,13-17H2,1-3H3/t19-,20-,21-,22+,23?/m1/s1. The Kier molecular flexibility index (Phi) is 10.2. The van der Waals surface area contributed by atoms with Gasteiger partial charge in [0.05, 0.1) is 19.3 Å². The van der Waals surface area contributed by atoms with E-state index >= 15 is 0 Å². The van der Waals surface area contributed by atoms with Crippen molar-refractivity contribution in [3.05, 3.63) is 24.3 Å². The summed E-state index contributed by atoms with van der Waals surface area (Å²) in [6, 6.07) is 0. The molecule has 2 aliphatic carbocycles. The van der Waals surface area contributed by atoms with Gasteiger partial charge in [0.2, 0.25) is 0 Å². The Balaban J connectivity index is 1.94. The molecule has 0 saturated heterocycles. The van der Waals surface area contributed by atoms with Crippen molar-refractivity contribution in [1.29, 1.82) is 0 Å². The van der Waals surface area contributed by atoms with Crippen LogP contribution in [0.1, 0.15) is 78.1 Å². The van der Waals surface area contributed by atoms with E-state index in [2.05, 4.69) is 11.7 Å². The first-order valence-electron chi connectivity index (χ1n) is 11.7. The molecule has 176 valence electrons. The number of ether oxygens (including phenoxy) is 2. The number of aliphatic hydroxyl groups is 2. The van der Waals surface area contributed by atoms with Crippen LogP contribution in [0.3, 0.4) is 0 Å². The number of methoxy groups -OCH3 is 1. The molecule has 31 heavy (non-hydrogen) atoms. The van der Waals surface area contributed by atoms with Gasteiger partial charge in [-0.3, -0.25) is 9.59 Å². The molecule has 0 aromatic carbocycles. The fourth-order valence-corrected chi connectivity index (χ4v) is 5.04. The van der Waals surface area contributed by atoms with Crippen molar-refractivity contribution < 1.29 is 29.3 Å². The van der Waals surface area contributed by atoms with Gasteiger partial charge < -0.3 is 19.7 Å². The van der Waals surface area contributed by atoms with E-state index in [1.165, 1.54) is 20.5 Å². The zero-order valence-corrected chi connectivity index (χ0v) is 19.3. The summed E-state index contributed by atoms with van der Waals surface area (Å²) in [4.78, 5) is 22.7. The second-order valence-electron chi connectivity index (χ2n) is 9.12. The molecular formula is C25H40O6. The average molecular weight is 437 g/mol. The molecule has 0 radical (unpaired) electrons. The van der Waals surface area contributed by atoms with Gasteiger partial charge in [-0.1, -0.05) is 37.6 Å². The highest BCUT2D eigenvalue weighted by Crippen LogP contribution is 2.47. The third-order valence-corrected chi connectivity index (χ3v) is 7.24. The quantitative estimate of drug-likeness (QED) is 0.272. The highest BCUT2D eigenvalue weighted by Gasteiger charge is 2.43. The van der Waals surface area contributed by atoms with Gasteiger partial charge in [0.15, 0.2) is 0 Å². The number of allylic oxidation sites excluding steroid dienone is 2. The van der Waals surface area contributed by atoms with Crippen molar-refractivity contribution in [3.63, 3.8) is 0 Å². The van der Waals surface area contributed by atoms with Crippen molar-refractivity contribution in [3.8, 4) is 0 Å². The highest BCUT2D eigenvalue weighted by atomic mass is 16.5. The van der Waals surface area contributed by atoms with Crippen molar-refractivity contribution in [1.82, 2.24) is 0 Å². The molecule has 0 heterocycles. The predicted molar refractivity (Wildman–Crippen MR) is 119 cm³/mol. The minimum Gasteiger partial charge on any atom is -0.469 e. The molecule has 1 unspecified atom stereocenters. The lowest BCUT2D eigenvalue weighted by Gasteiger charge is -2.45. The third-order valence-electron chi connectivity index (χ3n) is 7.24. The summed E-state index contributed by atoms with van der Waals surface area (Å²) < 4.78 is 10.1. The second-order valence-corrected chi connectivity index (χ2v) is 9.12. The molecule has 2 N–H and O–H groups in total. The molecule has 0 bridgehead atoms. The Bertz CT molecular complexity index is 630. The van der Waals surface area contributed by atoms with Gasteiger partial charge in [-0.25, -0.2) is 0 Å². The fourth-order valence-electron chi connectivity index (χ4n) is 5.04. The minimum absolute atomic E-state index is 0.00649. The van der Waals surface area contributed by atoms with E-state index in [1.54, 1.807) is 0 Å².